The third-order valence-electron chi connectivity index (χ3n) is 2.01. The summed E-state index contributed by atoms with van der Waals surface area (Å²) in [5.74, 6) is -0.543. The fourth-order valence-corrected chi connectivity index (χ4v) is 2.27. The van der Waals surface area contributed by atoms with Crippen LogP contribution in [0.5, 0.6) is 0 Å². The number of nitrogens with one attached hydrogen (secondary N) is 2. The summed E-state index contributed by atoms with van der Waals surface area (Å²) in [6.07, 6.45) is 1.33. The zero-order valence-electron chi connectivity index (χ0n) is 9.81. The van der Waals surface area contributed by atoms with Gasteiger partial charge in [-0.2, -0.15) is 0 Å². The zero-order chi connectivity index (χ0) is 13.6. The highest BCUT2D eigenvalue weighted by Gasteiger charge is 2.10. The lowest BCUT2D eigenvalue weighted by Crippen LogP contribution is -2.34. The van der Waals surface area contributed by atoms with Crippen molar-refractivity contribution < 1.29 is 13.2 Å². The van der Waals surface area contributed by atoms with Gasteiger partial charge in [-0.25, -0.2) is 18.1 Å². The van der Waals surface area contributed by atoms with Crippen molar-refractivity contribution in [2.24, 2.45) is 0 Å². The summed E-state index contributed by atoms with van der Waals surface area (Å²) in [6.45, 7) is 2.06. The van der Waals surface area contributed by atoms with Gasteiger partial charge in [-0.3, -0.25) is 4.79 Å². The number of carbonyl (C=O) groups is 1. The number of pyridine rings is 1. The predicted octanol–water partition coefficient (Wildman–Crippen LogP) is 0.404. The molecule has 0 fully saturated rings. The number of carbonyl (C=O) groups excluding carboxylic acids is 1. The molecule has 6 nitrogen and oxygen atoms in total. The Balaban J connectivity index is 2.45. The lowest BCUT2D eigenvalue weighted by molar-refractivity contribution is 0.0956. The third kappa shape index (κ3) is 4.99. The van der Waals surface area contributed by atoms with Crippen LogP contribution in [-0.4, -0.2) is 38.2 Å². The van der Waals surface area contributed by atoms with Crippen molar-refractivity contribution in [3.05, 3.63) is 29.0 Å². The van der Waals surface area contributed by atoms with Gasteiger partial charge in [0.25, 0.3) is 5.91 Å². The number of hydrogen-bond acceptors (Lipinski definition) is 4. The Labute approximate surface area is 111 Å². The Morgan fingerprint density at radius 1 is 1.44 bits per heavy atom. The van der Waals surface area contributed by atoms with Crippen LogP contribution in [0.1, 0.15) is 17.3 Å². The van der Waals surface area contributed by atoms with Gasteiger partial charge < -0.3 is 5.32 Å². The molecule has 1 heterocycles. The first kappa shape index (κ1) is 14.9. The summed E-state index contributed by atoms with van der Waals surface area (Å²) in [4.78, 5) is 15.4. The molecule has 1 aromatic heterocycles. The van der Waals surface area contributed by atoms with E-state index in [0.717, 1.165) is 0 Å². The number of halogens is 1. The van der Waals surface area contributed by atoms with E-state index in [1.54, 1.807) is 6.92 Å². The Kier molecular flexibility index (Phi) is 5.52. The largest absolute Gasteiger partial charge is 0.351 e. The van der Waals surface area contributed by atoms with Crippen molar-refractivity contribution in [1.82, 2.24) is 15.0 Å². The predicted molar refractivity (Wildman–Crippen MR) is 69.0 cm³/mol. The lowest BCUT2D eigenvalue weighted by atomic mass is 10.3. The molecule has 0 aliphatic rings. The summed E-state index contributed by atoms with van der Waals surface area (Å²) >= 11 is 5.58. The summed E-state index contributed by atoms with van der Waals surface area (Å²) in [5.41, 5.74) is 0.334. The maximum absolute atomic E-state index is 11.6. The fourth-order valence-electron chi connectivity index (χ4n) is 1.20. The van der Waals surface area contributed by atoms with Gasteiger partial charge in [0.15, 0.2) is 0 Å². The maximum atomic E-state index is 11.6. The van der Waals surface area contributed by atoms with Crippen molar-refractivity contribution >= 4 is 27.5 Å². The molecule has 0 bridgehead atoms. The molecule has 0 spiro atoms. The number of rotatable bonds is 6. The first-order valence-corrected chi connectivity index (χ1v) is 7.34. The Bertz CT molecular complexity index is 502. The Morgan fingerprint density at radius 2 is 2.17 bits per heavy atom. The van der Waals surface area contributed by atoms with Crippen molar-refractivity contribution in [3.63, 3.8) is 0 Å². The van der Waals surface area contributed by atoms with Gasteiger partial charge in [0.05, 0.1) is 11.3 Å². The van der Waals surface area contributed by atoms with Crippen LogP contribution in [0.4, 0.5) is 0 Å². The second-order valence-electron chi connectivity index (χ2n) is 3.44. The van der Waals surface area contributed by atoms with Gasteiger partial charge >= 0.3 is 0 Å². The van der Waals surface area contributed by atoms with E-state index in [1.807, 2.05) is 0 Å². The van der Waals surface area contributed by atoms with Gasteiger partial charge in [-0.05, 0) is 12.1 Å². The number of amides is 1. The number of nitrogens with zero attached hydrogens (tertiary/aromatic N) is 1. The molecule has 0 unspecified atom stereocenters. The Hall–Kier alpha value is -1.18. The van der Waals surface area contributed by atoms with Crippen LogP contribution in [0.3, 0.4) is 0 Å². The second-order valence-corrected chi connectivity index (χ2v) is 5.76. The molecule has 0 atom stereocenters. The molecule has 1 rings (SSSR count). The smallest absolute Gasteiger partial charge is 0.252 e. The molecule has 18 heavy (non-hydrogen) atoms. The zero-order valence-corrected chi connectivity index (χ0v) is 11.4. The molecule has 0 saturated carbocycles. The minimum absolute atomic E-state index is 0.0385. The molecule has 0 radical (unpaired) electrons. The average molecular weight is 292 g/mol. The topological polar surface area (TPSA) is 88.2 Å². The maximum Gasteiger partial charge on any atom is 0.252 e. The highest BCUT2D eigenvalue weighted by molar-refractivity contribution is 7.89. The van der Waals surface area contributed by atoms with E-state index in [4.69, 9.17) is 11.6 Å². The Morgan fingerprint density at radius 3 is 2.72 bits per heavy atom. The van der Waals surface area contributed by atoms with Gasteiger partial charge in [-0.15, -0.1) is 0 Å². The van der Waals surface area contributed by atoms with Crippen LogP contribution in [-0.2, 0) is 10.0 Å². The van der Waals surface area contributed by atoms with Crippen LogP contribution in [0.15, 0.2) is 18.3 Å². The minimum atomic E-state index is -3.32. The van der Waals surface area contributed by atoms with E-state index < -0.39 is 10.0 Å². The van der Waals surface area contributed by atoms with Gasteiger partial charge in [0.1, 0.15) is 5.15 Å². The molecule has 1 amide bonds. The quantitative estimate of drug-likeness (QED) is 0.743. The average Bonchev–Trinajstić information content (AvgIpc) is 2.29. The van der Waals surface area contributed by atoms with E-state index in [1.165, 1.54) is 18.3 Å². The highest BCUT2D eigenvalue weighted by atomic mass is 35.5. The molecule has 1 aromatic rings. The number of aromatic nitrogens is 1. The van der Waals surface area contributed by atoms with E-state index in [-0.39, 0.29) is 18.2 Å². The SMILES string of the molecule is CCNS(=O)(=O)CCNC(=O)c1ccc(Cl)nc1. The van der Waals surface area contributed by atoms with Crippen LogP contribution < -0.4 is 10.0 Å². The lowest BCUT2D eigenvalue weighted by Gasteiger charge is -2.06. The molecule has 0 saturated heterocycles. The van der Waals surface area contributed by atoms with E-state index in [9.17, 15) is 13.2 Å². The summed E-state index contributed by atoms with van der Waals surface area (Å²) < 4.78 is 24.9. The monoisotopic (exact) mass is 291 g/mol. The molecule has 0 aliphatic carbocycles. The minimum Gasteiger partial charge on any atom is -0.351 e. The number of hydrogen-bond donors (Lipinski definition) is 2. The standard InChI is InChI=1S/C10H14ClN3O3S/c1-2-14-18(16,17)6-5-12-10(15)8-3-4-9(11)13-7-8/h3-4,7,14H,2,5-6H2,1H3,(H,12,15). The molecular weight excluding hydrogens is 278 g/mol. The van der Waals surface area contributed by atoms with Gasteiger partial charge in [0, 0.05) is 19.3 Å². The van der Waals surface area contributed by atoms with Crippen LogP contribution in [0.2, 0.25) is 5.15 Å². The number of sulfonamides is 1. The molecule has 0 aliphatic heterocycles. The first-order chi connectivity index (χ1) is 8.44. The van der Waals surface area contributed by atoms with Crippen molar-refractivity contribution in [3.8, 4) is 0 Å². The second kappa shape index (κ2) is 6.67. The van der Waals surface area contributed by atoms with Crippen molar-refractivity contribution in [2.45, 2.75) is 6.92 Å². The summed E-state index contributed by atoms with van der Waals surface area (Å²) in [5, 5.41) is 2.78. The summed E-state index contributed by atoms with van der Waals surface area (Å²) in [7, 11) is -3.32. The molecule has 8 heteroatoms. The summed E-state index contributed by atoms with van der Waals surface area (Å²) in [6, 6.07) is 3.01. The molecule has 100 valence electrons. The van der Waals surface area contributed by atoms with Crippen molar-refractivity contribution in [1.29, 1.82) is 0 Å². The van der Waals surface area contributed by atoms with Crippen LogP contribution in [0, 0.1) is 0 Å². The highest BCUT2D eigenvalue weighted by Crippen LogP contribution is 2.04. The fraction of sp³-hybridized carbons (Fsp3) is 0.400. The molecular formula is C10H14ClN3O3S. The van der Waals surface area contributed by atoms with E-state index in [0.29, 0.717) is 17.3 Å². The van der Waals surface area contributed by atoms with Crippen LogP contribution in [0.25, 0.3) is 0 Å². The van der Waals surface area contributed by atoms with E-state index >= 15 is 0 Å². The first-order valence-electron chi connectivity index (χ1n) is 5.31. The van der Waals surface area contributed by atoms with Gasteiger partial charge in [0.2, 0.25) is 10.0 Å². The molecule has 2 N–H and O–H groups in total. The van der Waals surface area contributed by atoms with E-state index in [2.05, 4.69) is 15.0 Å². The normalized spacial score (nSPS) is 11.2. The van der Waals surface area contributed by atoms with Crippen molar-refractivity contribution in [2.75, 3.05) is 18.8 Å². The molecule has 0 aromatic carbocycles. The van der Waals surface area contributed by atoms with Gasteiger partial charge in [-0.1, -0.05) is 18.5 Å². The third-order valence-corrected chi connectivity index (χ3v) is 3.70. The van der Waals surface area contributed by atoms with Crippen LogP contribution >= 0.6 is 11.6 Å².